The first kappa shape index (κ1) is 14.0. The quantitative estimate of drug-likeness (QED) is 0.859. The number of thiazole rings is 1. The number of hydrogen-bond donors (Lipinski definition) is 0. The van der Waals surface area contributed by atoms with Crippen molar-refractivity contribution < 1.29 is 4.79 Å². The number of aromatic nitrogens is 1. The Labute approximate surface area is 124 Å². The summed E-state index contributed by atoms with van der Waals surface area (Å²) in [7, 11) is 0. The van der Waals surface area contributed by atoms with E-state index in [0.717, 1.165) is 45.3 Å². The Morgan fingerprint density at radius 3 is 2.75 bits per heavy atom. The molecule has 0 aromatic carbocycles. The molecule has 3 heterocycles. The normalized spacial score (nSPS) is 27.9. The zero-order valence-electron chi connectivity index (χ0n) is 12.3. The Hall–Kier alpha value is -0.940. The summed E-state index contributed by atoms with van der Waals surface area (Å²) in [6.07, 6.45) is 6.24. The second kappa shape index (κ2) is 5.45. The van der Waals surface area contributed by atoms with Crippen molar-refractivity contribution in [3.63, 3.8) is 0 Å². The van der Waals surface area contributed by atoms with Gasteiger partial charge in [-0.3, -0.25) is 14.7 Å². The standard InChI is InChI=1S/C15H23N3OS/c1-12(2)18-8-4-6-15(14(18)19)5-3-7-17(15)10-13-9-16-11-20-13/h9,11-12H,3-8,10H2,1-2H3. The number of hydrogen-bond acceptors (Lipinski definition) is 4. The summed E-state index contributed by atoms with van der Waals surface area (Å²) in [5.41, 5.74) is 1.65. The SMILES string of the molecule is CC(C)N1CCCC2(CCCN2Cc2cncs2)C1=O. The molecule has 110 valence electrons. The van der Waals surface area contributed by atoms with Crippen LogP contribution in [0.1, 0.15) is 44.4 Å². The molecular formula is C15H23N3OS. The van der Waals surface area contributed by atoms with Crippen LogP contribution >= 0.6 is 11.3 Å². The van der Waals surface area contributed by atoms with Crippen molar-refractivity contribution >= 4 is 17.2 Å². The van der Waals surface area contributed by atoms with E-state index < -0.39 is 0 Å². The van der Waals surface area contributed by atoms with Gasteiger partial charge in [0.25, 0.3) is 0 Å². The first-order valence-electron chi connectivity index (χ1n) is 7.57. The molecule has 1 aromatic rings. The lowest BCUT2D eigenvalue weighted by Crippen LogP contribution is -2.60. The highest BCUT2D eigenvalue weighted by Gasteiger charge is 2.51. The van der Waals surface area contributed by atoms with Crippen molar-refractivity contribution in [2.45, 2.75) is 57.7 Å². The smallest absolute Gasteiger partial charge is 0.243 e. The highest BCUT2D eigenvalue weighted by molar-refractivity contribution is 7.09. The Balaban J connectivity index is 1.83. The average Bonchev–Trinajstić information content (AvgIpc) is 3.05. The second-order valence-corrected chi connectivity index (χ2v) is 7.19. The van der Waals surface area contributed by atoms with E-state index in [4.69, 9.17) is 0 Å². The second-order valence-electron chi connectivity index (χ2n) is 6.22. The monoisotopic (exact) mass is 293 g/mol. The molecule has 2 aliphatic rings. The summed E-state index contributed by atoms with van der Waals surface area (Å²) in [5, 5.41) is 0. The topological polar surface area (TPSA) is 36.4 Å². The predicted octanol–water partition coefficient (Wildman–Crippen LogP) is 2.51. The molecule has 20 heavy (non-hydrogen) atoms. The fourth-order valence-corrected chi connectivity index (χ4v) is 4.32. The van der Waals surface area contributed by atoms with E-state index in [1.807, 2.05) is 11.7 Å². The molecule has 0 saturated carbocycles. The van der Waals surface area contributed by atoms with Gasteiger partial charge < -0.3 is 4.90 Å². The van der Waals surface area contributed by atoms with E-state index in [0.29, 0.717) is 11.9 Å². The highest BCUT2D eigenvalue weighted by Crippen LogP contribution is 2.39. The zero-order chi connectivity index (χ0) is 14.2. The summed E-state index contributed by atoms with van der Waals surface area (Å²) in [4.78, 5) is 22.9. The first-order valence-corrected chi connectivity index (χ1v) is 8.45. The number of nitrogens with zero attached hydrogens (tertiary/aromatic N) is 3. The van der Waals surface area contributed by atoms with E-state index in [-0.39, 0.29) is 5.54 Å². The van der Waals surface area contributed by atoms with Gasteiger partial charge in [0.1, 0.15) is 5.54 Å². The van der Waals surface area contributed by atoms with Crippen LogP contribution in [0.4, 0.5) is 0 Å². The third-order valence-corrected chi connectivity index (χ3v) is 5.49. The molecule has 5 heteroatoms. The fraction of sp³-hybridized carbons (Fsp3) is 0.733. The fourth-order valence-electron chi connectivity index (χ4n) is 3.71. The Morgan fingerprint density at radius 1 is 1.35 bits per heavy atom. The van der Waals surface area contributed by atoms with Crippen LogP contribution in [0.15, 0.2) is 11.7 Å². The lowest BCUT2D eigenvalue weighted by molar-refractivity contribution is -0.149. The molecule has 0 N–H and O–H groups in total. The van der Waals surface area contributed by atoms with Crippen molar-refractivity contribution in [2.24, 2.45) is 0 Å². The number of rotatable bonds is 3. The van der Waals surface area contributed by atoms with Gasteiger partial charge in [0.05, 0.1) is 5.51 Å². The number of carbonyl (C=O) groups is 1. The third-order valence-electron chi connectivity index (χ3n) is 4.73. The summed E-state index contributed by atoms with van der Waals surface area (Å²) >= 11 is 1.69. The van der Waals surface area contributed by atoms with Gasteiger partial charge in [0.15, 0.2) is 0 Å². The lowest BCUT2D eigenvalue weighted by Gasteiger charge is -2.46. The molecule has 1 aromatic heterocycles. The minimum absolute atomic E-state index is 0.230. The average molecular weight is 293 g/mol. The van der Waals surface area contributed by atoms with Crippen molar-refractivity contribution in [1.29, 1.82) is 0 Å². The molecule has 1 atom stereocenters. The van der Waals surface area contributed by atoms with Gasteiger partial charge in [-0.1, -0.05) is 0 Å². The minimum atomic E-state index is -0.230. The van der Waals surface area contributed by atoms with Gasteiger partial charge in [-0.05, 0) is 46.1 Å². The van der Waals surface area contributed by atoms with Crippen LogP contribution in [0.3, 0.4) is 0 Å². The molecule has 2 fully saturated rings. The summed E-state index contributed by atoms with van der Waals surface area (Å²) < 4.78 is 0. The van der Waals surface area contributed by atoms with Crippen molar-refractivity contribution in [3.8, 4) is 0 Å². The van der Waals surface area contributed by atoms with Crippen LogP contribution in [0.2, 0.25) is 0 Å². The van der Waals surface area contributed by atoms with Crippen molar-refractivity contribution in [3.05, 3.63) is 16.6 Å². The molecule has 4 nitrogen and oxygen atoms in total. The van der Waals surface area contributed by atoms with Crippen molar-refractivity contribution in [2.75, 3.05) is 13.1 Å². The Kier molecular flexibility index (Phi) is 3.82. The number of piperidine rings is 1. The maximum absolute atomic E-state index is 13.0. The molecule has 0 aliphatic carbocycles. The molecule has 3 rings (SSSR count). The summed E-state index contributed by atoms with van der Waals surface area (Å²) in [6.45, 7) is 7.09. The molecule has 0 bridgehead atoms. The maximum Gasteiger partial charge on any atom is 0.243 e. The van der Waals surface area contributed by atoms with Gasteiger partial charge in [0, 0.05) is 30.2 Å². The van der Waals surface area contributed by atoms with Crippen LogP contribution in [0, 0.1) is 0 Å². The van der Waals surface area contributed by atoms with Gasteiger partial charge in [0.2, 0.25) is 5.91 Å². The molecule has 1 unspecified atom stereocenters. The van der Waals surface area contributed by atoms with E-state index in [9.17, 15) is 4.79 Å². The van der Waals surface area contributed by atoms with Gasteiger partial charge in [-0.2, -0.15) is 0 Å². The van der Waals surface area contributed by atoms with Crippen molar-refractivity contribution in [1.82, 2.24) is 14.8 Å². The zero-order valence-corrected chi connectivity index (χ0v) is 13.2. The van der Waals surface area contributed by atoms with E-state index >= 15 is 0 Å². The first-order chi connectivity index (χ1) is 9.63. The van der Waals surface area contributed by atoms with Crippen LogP contribution in [-0.2, 0) is 11.3 Å². The van der Waals surface area contributed by atoms with Gasteiger partial charge in [-0.15, -0.1) is 11.3 Å². The molecule has 2 saturated heterocycles. The molecule has 1 amide bonds. The van der Waals surface area contributed by atoms with Crippen LogP contribution < -0.4 is 0 Å². The minimum Gasteiger partial charge on any atom is -0.339 e. The van der Waals surface area contributed by atoms with Crippen LogP contribution in [0.5, 0.6) is 0 Å². The van der Waals surface area contributed by atoms with Gasteiger partial charge >= 0.3 is 0 Å². The van der Waals surface area contributed by atoms with E-state index in [1.165, 1.54) is 4.88 Å². The molecular weight excluding hydrogens is 270 g/mol. The number of likely N-dealkylation sites (tertiary alicyclic amines) is 2. The Bertz CT molecular complexity index is 473. The van der Waals surface area contributed by atoms with E-state index in [2.05, 4.69) is 28.6 Å². The van der Waals surface area contributed by atoms with Gasteiger partial charge in [-0.25, -0.2) is 0 Å². The van der Waals surface area contributed by atoms with Crippen LogP contribution in [-0.4, -0.2) is 45.4 Å². The Morgan fingerprint density at radius 2 is 2.10 bits per heavy atom. The molecule has 2 aliphatic heterocycles. The highest BCUT2D eigenvalue weighted by atomic mass is 32.1. The number of carbonyl (C=O) groups excluding carboxylic acids is 1. The molecule has 1 spiro atoms. The largest absolute Gasteiger partial charge is 0.339 e. The van der Waals surface area contributed by atoms with E-state index in [1.54, 1.807) is 11.3 Å². The number of amides is 1. The predicted molar refractivity (Wildman–Crippen MR) is 80.6 cm³/mol. The molecule has 0 radical (unpaired) electrons. The van der Waals surface area contributed by atoms with Crippen LogP contribution in [0.25, 0.3) is 0 Å². The third kappa shape index (κ3) is 2.27. The summed E-state index contributed by atoms with van der Waals surface area (Å²) in [5.74, 6) is 0.362. The lowest BCUT2D eigenvalue weighted by atomic mass is 9.84. The summed E-state index contributed by atoms with van der Waals surface area (Å²) in [6, 6.07) is 0.311. The maximum atomic E-state index is 13.0.